The van der Waals surface area contributed by atoms with Crippen LogP contribution in [-0.2, 0) is 11.3 Å². The third kappa shape index (κ3) is 4.08. The van der Waals surface area contributed by atoms with E-state index >= 15 is 0 Å². The molecule has 1 saturated heterocycles. The van der Waals surface area contributed by atoms with Crippen molar-refractivity contribution in [2.45, 2.75) is 19.4 Å². The average Bonchev–Trinajstić information content (AvgIpc) is 2.42. The van der Waals surface area contributed by atoms with Crippen molar-refractivity contribution in [1.29, 1.82) is 0 Å². The topological polar surface area (TPSA) is 60.5 Å². The van der Waals surface area contributed by atoms with Gasteiger partial charge in [-0.3, -0.25) is 4.79 Å². The third-order valence-corrected chi connectivity index (χ3v) is 3.77. The highest BCUT2D eigenvalue weighted by atomic mass is 16.5. The molecule has 0 radical (unpaired) electrons. The monoisotopic (exact) mass is 265 g/mol. The van der Waals surface area contributed by atoms with Crippen LogP contribution in [-0.4, -0.2) is 42.8 Å². The quantitative estimate of drug-likeness (QED) is 0.855. The smallest absolute Gasteiger partial charge is 0.250 e. The van der Waals surface area contributed by atoms with Crippen molar-refractivity contribution < 1.29 is 4.74 Å². The Kier molecular flexibility index (Phi) is 4.99. The Bertz CT molecular complexity index is 450. The Labute approximate surface area is 114 Å². The van der Waals surface area contributed by atoms with E-state index in [4.69, 9.17) is 10.5 Å². The minimum absolute atomic E-state index is 0.0171. The molecule has 0 amide bonds. The number of aromatic nitrogens is 1. The van der Waals surface area contributed by atoms with E-state index in [2.05, 4.69) is 4.90 Å². The van der Waals surface area contributed by atoms with Crippen molar-refractivity contribution in [3.8, 4) is 0 Å². The number of pyridine rings is 1. The highest BCUT2D eigenvalue weighted by molar-refractivity contribution is 5.33. The van der Waals surface area contributed by atoms with Gasteiger partial charge in [0.25, 0.3) is 5.56 Å². The van der Waals surface area contributed by atoms with Crippen LogP contribution in [0.15, 0.2) is 23.1 Å². The summed E-state index contributed by atoms with van der Waals surface area (Å²) in [5, 5.41) is 0. The van der Waals surface area contributed by atoms with Gasteiger partial charge in [-0.15, -0.1) is 0 Å². The van der Waals surface area contributed by atoms with Gasteiger partial charge in [0, 0.05) is 44.8 Å². The molecule has 2 heterocycles. The Morgan fingerprint density at radius 2 is 2.05 bits per heavy atom. The normalized spacial score (nSPS) is 17.7. The highest BCUT2D eigenvalue weighted by Gasteiger charge is 2.18. The van der Waals surface area contributed by atoms with Crippen LogP contribution in [0.5, 0.6) is 0 Å². The fourth-order valence-corrected chi connectivity index (χ4v) is 2.59. The number of hydrogen-bond donors (Lipinski definition) is 1. The van der Waals surface area contributed by atoms with E-state index in [1.165, 1.54) is 18.9 Å². The van der Waals surface area contributed by atoms with Crippen LogP contribution in [0.3, 0.4) is 0 Å². The molecule has 0 aliphatic carbocycles. The molecule has 1 aromatic rings. The molecule has 0 bridgehead atoms. The predicted octanol–water partition coefficient (Wildman–Crippen LogP) is 0.789. The summed E-state index contributed by atoms with van der Waals surface area (Å²) in [6, 6.07) is 3.18. The number of nitrogens with two attached hydrogens (primary N) is 1. The van der Waals surface area contributed by atoms with Gasteiger partial charge in [0.1, 0.15) is 0 Å². The van der Waals surface area contributed by atoms with Crippen molar-refractivity contribution in [3.63, 3.8) is 0 Å². The van der Waals surface area contributed by atoms with Crippen LogP contribution < -0.4 is 11.3 Å². The summed E-state index contributed by atoms with van der Waals surface area (Å²) in [5.41, 5.74) is 6.36. The number of anilines is 1. The molecule has 0 unspecified atom stereocenters. The zero-order valence-electron chi connectivity index (χ0n) is 11.5. The Morgan fingerprint density at radius 3 is 2.74 bits per heavy atom. The molecule has 5 heteroatoms. The maximum Gasteiger partial charge on any atom is 0.250 e. The number of methoxy groups -OCH3 is 1. The molecule has 0 atom stereocenters. The average molecular weight is 265 g/mol. The van der Waals surface area contributed by atoms with Crippen LogP contribution in [0, 0.1) is 5.92 Å². The molecule has 0 spiro atoms. The summed E-state index contributed by atoms with van der Waals surface area (Å²) < 4.78 is 6.89. The summed E-state index contributed by atoms with van der Waals surface area (Å²) >= 11 is 0. The fraction of sp³-hybridized carbons (Fsp3) is 0.643. The first-order valence-corrected chi connectivity index (χ1v) is 6.86. The molecular formula is C14H23N3O2. The number of hydrogen-bond acceptors (Lipinski definition) is 4. The van der Waals surface area contributed by atoms with Crippen LogP contribution in [0.1, 0.15) is 12.8 Å². The van der Waals surface area contributed by atoms with Crippen molar-refractivity contribution in [2.75, 3.05) is 39.1 Å². The maximum atomic E-state index is 11.7. The van der Waals surface area contributed by atoms with E-state index in [9.17, 15) is 4.79 Å². The molecular weight excluding hydrogens is 242 g/mol. The summed E-state index contributed by atoms with van der Waals surface area (Å²) in [6.07, 6.45) is 4.08. The lowest BCUT2D eigenvalue weighted by Crippen LogP contribution is -2.38. The summed E-state index contributed by atoms with van der Waals surface area (Å²) in [7, 11) is 1.76. The second kappa shape index (κ2) is 6.73. The van der Waals surface area contributed by atoms with E-state index in [0.29, 0.717) is 18.2 Å². The number of nitrogen functional groups attached to an aromatic ring is 1. The molecule has 1 fully saturated rings. The largest absolute Gasteiger partial charge is 0.398 e. The lowest BCUT2D eigenvalue weighted by Gasteiger charge is -2.31. The van der Waals surface area contributed by atoms with E-state index in [-0.39, 0.29) is 5.56 Å². The lowest BCUT2D eigenvalue weighted by atomic mass is 9.98. The van der Waals surface area contributed by atoms with Crippen molar-refractivity contribution in [1.82, 2.24) is 9.47 Å². The first-order valence-electron chi connectivity index (χ1n) is 6.86. The number of nitrogens with zero attached hydrogens (tertiary/aromatic N) is 2. The maximum absolute atomic E-state index is 11.7. The lowest BCUT2D eigenvalue weighted by molar-refractivity contribution is 0.0980. The molecule has 5 nitrogen and oxygen atoms in total. The van der Waals surface area contributed by atoms with Gasteiger partial charge in [0.2, 0.25) is 0 Å². The standard InChI is InChI=1S/C14H23N3O2/c1-19-11-12-4-6-16(7-5-12)8-9-17-10-13(15)2-3-14(17)18/h2-3,10,12H,4-9,11,15H2,1H3. The zero-order chi connectivity index (χ0) is 13.7. The predicted molar refractivity (Wildman–Crippen MR) is 76.2 cm³/mol. The summed E-state index contributed by atoms with van der Waals surface area (Å²) in [6.45, 7) is 4.65. The second-order valence-corrected chi connectivity index (χ2v) is 5.23. The van der Waals surface area contributed by atoms with Crippen molar-refractivity contribution in [2.24, 2.45) is 5.92 Å². The first kappa shape index (κ1) is 14.1. The van der Waals surface area contributed by atoms with Gasteiger partial charge >= 0.3 is 0 Å². The molecule has 1 aliphatic rings. The number of piperidine rings is 1. The molecule has 0 saturated carbocycles. The van der Waals surface area contributed by atoms with E-state index in [1.807, 2.05) is 0 Å². The molecule has 1 aromatic heterocycles. The molecule has 0 aromatic carbocycles. The van der Waals surface area contributed by atoms with Gasteiger partial charge < -0.3 is 19.9 Å². The van der Waals surface area contributed by atoms with E-state index < -0.39 is 0 Å². The molecule has 2 rings (SSSR count). The number of ether oxygens (including phenoxy) is 1. The van der Waals surface area contributed by atoms with E-state index in [0.717, 1.165) is 26.2 Å². The Balaban J connectivity index is 1.80. The Hall–Kier alpha value is -1.33. The fourth-order valence-electron chi connectivity index (χ4n) is 2.59. The van der Waals surface area contributed by atoms with E-state index in [1.54, 1.807) is 23.9 Å². The van der Waals surface area contributed by atoms with Gasteiger partial charge in [0.15, 0.2) is 0 Å². The third-order valence-electron chi connectivity index (χ3n) is 3.77. The second-order valence-electron chi connectivity index (χ2n) is 5.23. The van der Waals surface area contributed by atoms with Crippen LogP contribution in [0.4, 0.5) is 5.69 Å². The number of rotatable bonds is 5. The minimum atomic E-state index is 0.0171. The van der Waals surface area contributed by atoms with Crippen LogP contribution in [0.2, 0.25) is 0 Å². The molecule has 19 heavy (non-hydrogen) atoms. The summed E-state index contributed by atoms with van der Waals surface area (Å²) in [4.78, 5) is 14.1. The first-order chi connectivity index (χ1) is 9.19. The summed E-state index contributed by atoms with van der Waals surface area (Å²) in [5.74, 6) is 0.691. The molecule has 2 N–H and O–H groups in total. The van der Waals surface area contributed by atoms with Gasteiger partial charge in [-0.25, -0.2) is 0 Å². The van der Waals surface area contributed by atoms with Crippen molar-refractivity contribution >= 4 is 5.69 Å². The van der Waals surface area contributed by atoms with Crippen molar-refractivity contribution in [3.05, 3.63) is 28.7 Å². The SMILES string of the molecule is COCC1CCN(CCn2cc(N)ccc2=O)CC1. The van der Waals surface area contributed by atoms with Crippen LogP contribution in [0.25, 0.3) is 0 Å². The Morgan fingerprint density at radius 1 is 1.32 bits per heavy atom. The van der Waals surface area contributed by atoms with Gasteiger partial charge in [0.05, 0.1) is 0 Å². The highest BCUT2D eigenvalue weighted by Crippen LogP contribution is 2.16. The van der Waals surface area contributed by atoms with Gasteiger partial charge in [-0.2, -0.15) is 0 Å². The molecule has 106 valence electrons. The van der Waals surface area contributed by atoms with Gasteiger partial charge in [-0.1, -0.05) is 0 Å². The minimum Gasteiger partial charge on any atom is -0.398 e. The zero-order valence-corrected chi connectivity index (χ0v) is 11.5. The molecule has 1 aliphatic heterocycles. The number of likely N-dealkylation sites (tertiary alicyclic amines) is 1. The van der Waals surface area contributed by atoms with Gasteiger partial charge in [-0.05, 0) is 37.9 Å². The van der Waals surface area contributed by atoms with Crippen LogP contribution >= 0.6 is 0 Å².